The van der Waals surface area contributed by atoms with Gasteiger partial charge in [0, 0.05) is 5.92 Å². The fraction of sp³-hybridized carbons (Fsp3) is 0.286. The van der Waals surface area contributed by atoms with Gasteiger partial charge in [-0.25, -0.2) is 4.79 Å². The van der Waals surface area contributed by atoms with Crippen LogP contribution in [0.25, 0.3) is 0 Å². The van der Waals surface area contributed by atoms with Gasteiger partial charge in [0.1, 0.15) is 11.5 Å². The first-order chi connectivity index (χ1) is 12.6. The van der Waals surface area contributed by atoms with Crippen LogP contribution >= 0.6 is 0 Å². The van der Waals surface area contributed by atoms with Crippen molar-refractivity contribution in [3.05, 3.63) is 71.8 Å². The largest absolute Gasteiger partial charge is 0.457 e. The highest BCUT2D eigenvalue weighted by molar-refractivity contribution is 5.66. The summed E-state index contributed by atoms with van der Waals surface area (Å²) in [6.07, 6.45) is 4.58. The van der Waals surface area contributed by atoms with E-state index in [4.69, 9.17) is 4.74 Å². The zero-order valence-corrected chi connectivity index (χ0v) is 15.0. The van der Waals surface area contributed by atoms with Crippen molar-refractivity contribution in [2.75, 3.05) is 7.11 Å². The van der Waals surface area contributed by atoms with Crippen molar-refractivity contribution in [3.63, 3.8) is 0 Å². The fourth-order valence-electron chi connectivity index (χ4n) is 3.23. The number of amides is 1. The van der Waals surface area contributed by atoms with E-state index in [0.29, 0.717) is 17.9 Å². The molecule has 1 aliphatic carbocycles. The van der Waals surface area contributed by atoms with Crippen LogP contribution < -0.4 is 4.74 Å². The zero-order valence-electron chi connectivity index (χ0n) is 15.0. The molecule has 26 heavy (non-hydrogen) atoms. The molecule has 0 aliphatic heterocycles. The maximum absolute atomic E-state index is 11.6. The van der Waals surface area contributed by atoms with E-state index in [9.17, 15) is 10.0 Å². The van der Waals surface area contributed by atoms with Gasteiger partial charge in [0.25, 0.3) is 0 Å². The van der Waals surface area contributed by atoms with Crippen LogP contribution in [0.3, 0.4) is 0 Å². The summed E-state index contributed by atoms with van der Waals surface area (Å²) < 4.78 is 10.5. The van der Waals surface area contributed by atoms with E-state index < -0.39 is 6.09 Å². The molecule has 0 spiro atoms. The number of carbonyl (C=O) groups excluding carboxylic acids is 1. The standard InChI is InChI=1S/C21H23NO4/c1-15-6-3-9-18(12-15)26-19-10-4-7-16(14-19)13-17-8-5-11-20(17)22(24)21(23)25-2/h3-10,12,14,17,20,24H,11,13H2,1-2H3/t17-,20+/m1/s1. The van der Waals surface area contributed by atoms with Gasteiger partial charge in [0.05, 0.1) is 13.2 Å². The Hall–Kier alpha value is -2.79. The number of nitrogens with zero attached hydrogens (tertiary/aromatic N) is 1. The third-order valence-corrected chi connectivity index (χ3v) is 4.53. The molecule has 0 radical (unpaired) electrons. The Morgan fingerprint density at radius 3 is 2.65 bits per heavy atom. The minimum absolute atomic E-state index is 0.0216. The highest BCUT2D eigenvalue weighted by atomic mass is 16.6. The lowest BCUT2D eigenvalue weighted by molar-refractivity contribution is -0.107. The second-order valence-corrected chi connectivity index (χ2v) is 6.48. The lowest BCUT2D eigenvalue weighted by Crippen LogP contribution is -2.40. The molecule has 5 nitrogen and oxygen atoms in total. The third kappa shape index (κ3) is 4.24. The monoisotopic (exact) mass is 353 g/mol. The van der Waals surface area contributed by atoms with Crippen molar-refractivity contribution in [3.8, 4) is 11.5 Å². The second kappa shape index (κ2) is 8.06. The molecule has 1 amide bonds. The Labute approximate surface area is 153 Å². The minimum atomic E-state index is -0.736. The van der Waals surface area contributed by atoms with Gasteiger partial charge in [-0.2, -0.15) is 5.06 Å². The molecule has 2 atom stereocenters. The molecule has 136 valence electrons. The number of ether oxygens (including phenoxy) is 2. The molecule has 2 aromatic rings. The van der Waals surface area contributed by atoms with Gasteiger partial charge in [-0.15, -0.1) is 0 Å². The molecular weight excluding hydrogens is 330 g/mol. The molecule has 0 heterocycles. The van der Waals surface area contributed by atoms with Crippen molar-refractivity contribution in [2.24, 2.45) is 5.92 Å². The van der Waals surface area contributed by atoms with Crippen LogP contribution in [-0.2, 0) is 11.2 Å². The van der Waals surface area contributed by atoms with Crippen LogP contribution in [0.5, 0.6) is 11.5 Å². The van der Waals surface area contributed by atoms with Crippen LogP contribution in [0.15, 0.2) is 60.7 Å². The first-order valence-electron chi connectivity index (χ1n) is 8.63. The summed E-state index contributed by atoms with van der Waals surface area (Å²) >= 11 is 0. The zero-order chi connectivity index (χ0) is 18.5. The number of hydrogen-bond acceptors (Lipinski definition) is 4. The Morgan fingerprint density at radius 1 is 1.19 bits per heavy atom. The molecular formula is C21H23NO4. The Kier molecular flexibility index (Phi) is 5.58. The summed E-state index contributed by atoms with van der Waals surface area (Å²) in [6, 6.07) is 15.5. The van der Waals surface area contributed by atoms with Crippen molar-refractivity contribution < 1.29 is 19.5 Å². The van der Waals surface area contributed by atoms with Gasteiger partial charge in [0.2, 0.25) is 0 Å². The third-order valence-electron chi connectivity index (χ3n) is 4.53. The van der Waals surface area contributed by atoms with E-state index >= 15 is 0 Å². The number of benzene rings is 2. The highest BCUT2D eigenvalue weighted by Gasteiger charge is 2.31. The number of rotatable bonds is 5. The molecule has 0 fully saturated rings. The van der Waals surface area contributed by atoms with Gasteiger partial charge < -0.3 is 9.47 Å². The summed E-state index contributed by atoms with van der Waals surface area (Å²) in [7, 11) is 1.26. The van der Waals surface area contributed by atoms with Gasteiger partial charge in [-0.1, -0.05) is 36.4 Å². The number of aryl methyl sites for hydroxylation is 1. The topological polar surface area (TPSA) is 59.0 Å². The number of methoxy groups -OCH3 is 1. The molecule has 0 bridgehead atoms. The Morgan fingerprint density at radius 2 is 1.92 bits per heavy atom. The molecule has 0 aromatic heterocycles. The summed E-state index contributed by atoms with van der Waals surface area (Å²) in [5.41, 5.74) is 2.22. The van der Waals surface area contributed by atoms with E-state index in [-0.39, 0.29) is 12.0 Å². The maximum Gasteiger partial charge on any atom is 0.433 e. The SMILES string of the molecule is COC(=O)N(O)[C@H]1CC=C[C@@H]1Cc1cccc(Oc2cccc(C)c2)c1. The molecule has 0 saturated carbocycles. The van der Waals surface area contributed by atoms with E-state index in [1.165, 1.54) is 7.11 Å². The lowest BCUT2D eigenvalue weighted by Gasteiger charge is -2.26. The van der Waals surface area contributed by atoms with Crippen LogP contribution in [0.4, 0.5) is 4.79 Å². The molecule has 1 N–H and O–H groups in total. The van der Waals surface area contributed by atoms with E-state index in [2.05, 4.69) is 4.74 Å². The first kappa shape index (κ1) is 18.0. The van der Waals surface area contributed by atoms with Crippen molar-refractivity contribution in [1.82, 2.24) is 5.06 Å². The van der Waals surface area contributed by atoms with Gasteiger partial charge in [-0.3, -0.25) is 5.21 Å². The maximum atomic E-state index is 11.6. The summed E-state index contributed by atoms with van der Waals surface area (Å²) in [5.74, 6) is 1.58. The van der Waals surface area contributed by atoms with E-state index in [1.54, 1.807) is 0 Å². The normalized spacial score (nSPS) is 18.6. The Bertz CT molecular complexity index is 802. The van der Waals surface area contributed by atoms with Crippen LogP contribution in [-0.4, -0.2) is 29.5 Å². The van der Waals surface area contributed by atoms with Crippen molar-refractivity contribution in [1.29, 1.82) is 0 Å². The number of hydrogen-bond donors (Lipinski definition) is 1. The van der Waals surface area contributed by atoms with Gasteiger partial charge in [0.15, 0.2) is 0 Å². The van der Waals surface area contributed by atoms with Crippen LogP contribution in [0.1, 0.15) is 17.5 Å². The van der Waals surface area contributed by atoms with Crippen LogP contribution in [0, 0.1) is 12.8 Å². The molecule has 2 aromatic carbocycles. The minimum Gasteiger partial charge on any atom is -0.457 e. The summed E-state index contributed by atoms with van der Waals surface area (Å²) in [4.78, 5) is 11.6. The highest BCUT2D eigenvalue weighted by Crippen LogP contribution is 2.29. The molecule has 3 rings (SSSR count). The fourth-order valence-corrected chi connectivity index (χ4v) is 3.23. The van der Waals surface area contributed by atoms with E-state index in [0.717, 1.165) is 22.6 Å². The summed E-state index contributed by atoms with van der Waals surface area (Å²) in [5, 5.41) is 10.7. The van der Waals surface area contributed by atoms with Crippen molar-refractivity contribution >= 4 is 6.09 Å². The average Bonchev–Trinajstić information content (AvgIpc) is 3.08. The predicted molar refractivity (Wildman–Crippen MR) is 98.5 cm³/mol. The van der Waals surface area contributed by atoms with Crippen LogP contribution in [0.2, 0.25) is 0 Å². The van der Waals surface area contributed by atoms with Crippen molar-refractivity contribution in [2.45, 2.75) is 25.8 Å². The van der Waals surface area contributed by atoms with Gasteiger partial charge in [-0.05, 0) is 55.2 Å². The number of hydroxylamine groups is 2. The Balaban J connectivity index is 1.70. The quantitative estimate of drug-likeness (QED) is 0.479. The molecule has 0 unspecified atom stereocenters. The predicted octanol–water partition coefficient (Wildman–Crippen LogP) is 4.73. The van der Waals surface area contributed by atoms with E-state index in [1.807, 2.05) is 67.6 Å². The summed E-state index contributed by atoms with van der Waals surface area (Å²) in [6.45, 7) is 2.03. The number of carbonyl (C=O) groups is 1. The smallest absolute Gasteiger partial charge is 0.433 e. The lowest BCUT2D eigenvalue weighted by atomic mass is 9.94. The molecule has 1 aliphatic rings. The molecule has 0 saturated heterocycles. The molecule has 5 heteroatoms. The first-order valence-corrected chi connectivity index (χ1v) is 8.63. The van der Waals surface area contributed by atoms with Gasteiger partial charge >= 0.3 is 6.09 Å². The second-order valence-electron chi connectivity index (χ2n) is 6.48. The average molecular weight is 353 g/mol.